The van der Waals surface area contributed by atoms with Crippen molar-refractivity contribution in [2.45, 2.75) is 272 Å². The van der Waals surface area contributed by atoms with Crippen molar-refractivity contribution >= 4 is 17.9 Å². The van der Waals surface area contributed by atoms with Crippen LogP contribution in [0.1, 0.15) is 266 Å². The Bertz CT molecular complexity index is 841. The first-order valence-electron chi connectivity index (χ1n) is 24.3. The Morgan fingerprint density at radius 2 is 0.691 bits per heavy atom. The van der Waals surface area contributed by atoms with E-state index < -0.39 is 6.10 Å². The summed E-state index contributed by atoms with van der Waals surface area (Å²) >= 11 is 0. The Balaban J connectivity index is 4.26. The second-order valence-corrected chi connectivity index (χ2v) is 17.5. The van der Waals surface area contributed by atoms with Crippen molar-refractivity contribution in [3.63, 3.8) is 0 Å². The highest BCUT2D eigenvalue weighted by Crippen LogP contribution is 2.17. The van der Waals surface area contributed by atoms with Crippen LogP contribution in [0.4, 0.5) is 0 Å². The maximum Gasteiger partial charge on any atom is 0.306 e. The van der Waals surface area contributed by atoms with E-state index in [1.54, 1.807) is 0 Å². The van der Waals surface area contributed by atoms with Crippen molar-refractivity contribution in [1.29, 1.82) is 0 Å². The number of unbranched alkanes of at least 4 members (excludes halogenated alkanes) is 27. The molecule has 0 saturated carbocycles. The van der Waals surface area contributed by atoms with Gasteiger partial charge in [-0.2, -0.15) is 0 Å². The van der Waals surface area contributed by atoms with Gasteiger partial charge in [0.2, 0.25) is 0 Å². The van der Waals surface area contributed by atoms with Crippen LogP contribution in [0, 0.1) is 11.8 Å². The molecule has 55 heavy (non-hydrogen) atoms. The molecule has 0 aliphatic carbocycles. The predicted octanol–water partition coefficient (Wildman–Crippen LogP) is 15.4. The van der Waals surface area contributed by atoms with Gasteiger partial charge in [0.15, 0.2) is 6.10 Å². The van der Waals surface area contributed by atoms with Gasteiger partial charge in [0.1, 0.15) is 13.2 Å². The van der Waals surface area contributed by atoms with Gasteiger partial charge in [-0.05, 0) is 31.1 Å². The standard InChI is InChI=1S/C49H94O6/c1-6-8-9-10-11-12-13-14-15-16-17-18-19-20-21-22-31-36-41-49(52)55-46(42-53-47(50)39-34-29-25-23-27-32-37-44(3)4)43-54-48(51)40-35-30-26-24-28-33-38-45(5)7-2/h44-46H,6-43H2,1-5H3/t45?,46-/m0/s1. The minimum Gasteiger partial charge on any atom is -0.462 e. The molecule has 0 bridgehead atoms. The van der Waals surface area contributed by atoms with E-state index in [4.69, 9.17) is 14.2 Å². The molecule has 326 valence electrons. The highest BCUT2D eigenvalue weighted by atomic mass is 16.6. The summed E-state index contributed by atoms with van der Waals surface area (Å²) in [5, 5.41) is 0. The quantitative estimate of drug-likeness (QED) is 0.0348. The molecule has 0 aliphatic rings. The lowest BCUT2D eigenvalue weighted by Gasteiger charge is -2.18. The fourth-order valence-corrected chi connectivity index (χ4v) is 7.25. The summed E-state index contributed by atoms with van der Waals surface area (Å²) in [4.78, 5) is 37.7. The van der Waals surface area contributed by atoms with Crippen molar-refractivity contribution in [3.05, 3.63) is 0 Å². The van der Waals surface area contributed by atoms with Crippen molar-refractivity contribution in [1.82, 2.24) is 0 Å². The van der Waals surface area contributed by atoms with E-state index in [0.717, 1.165) is 69.6 Å². The highest BCUT2D eigenvalue weighted by Gasteiger charge is 2.19. The second-order valence-electron chi connectivity index (χ2n) is 17.5. The summed E-state index contributed by atoms with van der Waals surface area (Å²) in [7, 11) is 0. The third-order valence-electron chi connectivity index (χ3n) is 11.3. The fraction of sp³-hybridized carbons (Fsp3) is 0.939. The smallest absolute Gasteiger partial charge is 0.306 e. The average molecular weight is 779 g/mol. The number of hydrogen-bond donors (Lipinski definition) is 0. The summed E-state index contributed by atoms with van der Waals surface area (Å²) in [5.41, 5.74) is 0. The van der Waals surface area contributed by atoms with Gasteiger partial charge in [0, 0.05) is 19.3 Å². The molecule has 0 fully saturated rings. The zero-order valence-electron chi connectivity index (χ0n) is 37.6. The Hall–Kier alpha value is -1.59. The molecule has 0 N–H and O–H groups in total. The van der Waals surface area contributed by atoms with Gasteiger partial charge in [-0.25, -0.2) is 0 Å². The van der Waals surface area contributed by atoms with Crippen LogP contribution in [-0.2, 0) is 28.6 Å². The normalized spacial score (nSPS) is 12.5. The lowest BCUT2D eigenvalue weighted by molar-refractivity contribution is -0.167. The number of hydrogen-bond acceptors (Lipinski definition) is 6. The summed E-state index contributed by atoms with van der Waals surface area (Å²) < 4.78 is 16.7. The zero-order chi connectivity index (χ0) is 40.5. The van der Waals surface area contributed by atoms with Crippen LogP contribution in [0.3, 0.4) is 0 Å². The Morgan fingerprint density at radius 1 is 0.382 bits per heavy atom. The predicted molar refractivity (Wildman–Crippen MR) is 233 cm³/mol. The topological polar surface area (TPSA) is 78.9 Å². The minimum atomic E-state index is -0.762. The Labute approximate surface area is 342 Å². The van der Waals surface area contributed by atoms with Crippen LogP contribution in [0.2, 0.25) is 0 Å². The first-order valence-corrected chi connectivity index (χ1v) is 24.3. The van der Waals surface area contributed by atoms with Gasteiger partial charge < -0.3 is 14.2 Å². The summed E-state index contributed by atoms with van der Waals surface area (Å²) in [6.07, 6.45) is 41.1. The van der Waals surface area contributed by atoms with Crippen LogP contribution in [0.25, 0.3) is 0 Å². The molecule has 6 nitrogen and oxygen atoms in total. The number of ether oxygens (including phenoxy) is 3. The van der Waals surface area contributed by atoms with Crippen LogP contribution in [0.5, 0.6) is 0 Å². The molecule has 0 spiro atoms. The Morgan fingerprint density at radius 3 is 1.04 bits per heavy atom. The van der Waals surface area contributed by atoms with Gasteiger partial charge in [-0.3, -0.25) is 14.4 Å². The molecular formula is C49H94O6. The summed E-state index contributed by atoms with van der Waals surface area (Å²) in [5.74, 6) is 0.716. The molecular weight excluding hydrogens is 685 g/mol. The van der Waals surface area contributed by atoms with E-state index >= 15 is 0 Å². The second kappa shape index (κ2) is 42.0. The molecule has 1 unspecified atom stereocenters. The zero-order valence-corrected chi connectivity index (χ0v) is 37.6. The van der Waals surface area contributed by atoms with E-state index in [-0.39, 0.29) is 31.1 Å². The first-order chi connectivity index (χ1) is 26.8. The van der Waals surface area contributed by atoms with E-state index in [9.17, 15) is 14.4 Å². The largest absolute Gasteiger partial charge is 0.462 e. The summed E-state index contributed by atoms with van der Waals surface area (Å²) in [6, 6.07) is 0. The molecule has 0 aliphatic heterocycles. The number of carbonyl (C=O) groups is 3. The lowest BCUT2D eigenvalue weighted by atomic mass is 10.00. The highest BCUT2D eigenvalue weighted by molar-refractivity contribution is 5.71. The molecule has 0 aromatic heterocycles. The molecule has 0 radical (unpaired) electrons. The van der Waals surface area contributed by atoms with Crippen LogP contribution >= 0.6 is 0 Å². The maximum absolute atomic E-state index is 12.7. The van der Waals surface area contributed by atoms with Gasteiger partial charge in [-0.15, -0.1) is 0 Å². The molecule has 2 atom stereocenters. The fourth-order valence-electron chi connectivity index (χ4n) is 7.25. The number of carbonyl (C=O) groups excluding carboxylic acids is 3. The van der Waals surface area contributed by atoms with Crippen LogP contribution in [0.15, 0.2) is 0 Å². The van der Waals surface area contributed by atoms with E-state index in [0.29, 0.717) is 19.3 Å². The maximum atomic E-state index is 12.7. The van der Waals surface area contributed by atoms with Crippen molar-refractivity contribution in [2.24, 2.45) is 11.8 Å². The molecule has 0 saturated heterocycles. The number of rotatable bonds is 43. The molecule has 6 heteroatoms. The third kappa shape index (κ3) is 41.9. The van der Waals surface area contributed by atoms with E-state index in [1.165, 1.54) is 154 Å². The molecule has 0 aromatic rings. The summed E-state index contributed by atoms with van der Waals surface area (Å²) in [6.45, 7) is 11.3. The van der Waals surface area contributed by atoms with Crippen molar-refractivity contribution in [3.8, 4) is 0 Å². The minimum absolute atomic E-state index is 0.0665. The monoisotopic (exact) mass is 779 g/mol. The van der Waals surface area contributed by atoms with Gasteiger partial charge in [0.05, 0.1) is 0 Å². The first kappa shape index (κ1) is 53.4. The van der Waals surface area contributed by atoms with Crippen LogP contribution in [-0.4, -0.2) is 37.2 Å². The SMILES string of the molecule is CCCCCCCCCCCCCCCCCCCCC(=O)O[C@@H](COC(=O)CCCCCCCCC(C)C)COC(=O)CCCCCCCCC(C)CC. The van der Waals surface area contributed by atoms with Gasteiger partial charge in [0.25, 0.3) is 0 Å². The van der Waals surface area contributed by atoms with E-state index in [1.807, 2.05) is 0 Å². The van der Waals surface area contributed by atoms with Crippen molar-refractivity contribution < 1.29 is 28.6 Å². The molecule has 0 heterocycles. The van der Waals surface area contributed by atoms with Gasteiger partial charge in [-0.1, -0.05) is 227 Å². The lowest BCUT2D eigenvalue weighted by Crippen LogP contribution is -2.30. The average Bonchev–Trinajstić information content (AvgIpc) is 3.17. The van der Waals surface area contributed by atoms with Crippen LogP contribution < -0.4 is 0 Å². The third-order valence-corrected chi connectivity index (χ3v) is 11.3. The van der Waals surface area contributed by atoms with Crippen molar-refractivity contribution in [2.75, 3.05) is 13.2 Å². The van der Waals surface area contributed by atoms with Gasteiger partial charge >= 0.3 is 17.9 Å². The number of esters is 3. The Kier molecular flexibility index (Phi) is 40.8. The molecule has 0 amide bonds. The molecule has 0 aromatic carbocycles. The molecule has 0 rings (SSSR count). The van der Waals surface area contributed by atoms with E-state index in [2.05, 4.69) is 34.6 Å².